The van der Waals surface area contributed by atoms with Crippen molar-refractivity contribution in [1.82, 2.24) is 9.80 Å². The summed E-state index contributed by atoms with van der Waals surface area (Å²) in [6, 6.07) is -1.03. The molecule has 0 aromatic heterocycles. The Morgan fingerprint density at radius 3 is 2.55 bits per heavy atom. The van der Waals surface area contributed by atoms with Crippen LogP contribution < -0.4 is 0 Å². The van der Waals surface area contributed by atoms with Crippen LogP contribution in [0.3, 0.4) is 0 Å². The van der Waals surface area contributed by atoms with Crippen molar-refractivity contribution in [2.75, 3.05) is 7.05 Å². The summed E-state index contributed by atoms with van der Waals surface area (Å²) in [4.78, 5) is 38.4. The Bertz CT molecular complexity index is 464. The van der Waals surface area contributed by atoms with Crippen LogP contribution in [-0.2, 0) is 14.4 Å². The highest BCUT2D eigenvalue weighted by Crippen LogP contribution is 2.42. The highest BCUT2D eigenvalue weighted by molar-refractivity contribution is 6.05. The smallest absolute Gasteiger partial charge is 0.320 e. The van der Waals surface area contributed by atoms with E-state index in [0.29, 0.717) is 12.3 Å². The number of likely N-dealkylation sites (tertiary alicyclic amines) is 2. The SMILES string of the molecule is CN1C(=O)CC(N2C(C(=O)O)CC3CCCCC32)C1=O. The Labute approximate surface area is 117 Å². The van der Waals surface area contributed by atoms with Crippen LogP contribution in [0.25, 0.3) is 0 Å². The molecule has 0 aromatic carbocycles. The maximum atomic E-state index is 12.2. The molecular formula is C14H20N2O4. The molecule has 6 heteroatoms. The van der Waals surface area contributed by atoms with Gasteiger partial charge in [-0.25, -0.2) is 0 Å². The van der Waals surface area contributed by atoms with Gasteiger partial charge in [0.15, 0.2) is 0 Å². The van der Waals surface area contributed by atoms with E-state index in [2.05, 4.69) is 0 Å². The lowest BCUT2D eigenvalue weighted by atomic mass is 9.84. The molecule has 0 bridgehead atoms. The van der Waals surface area contributed by atoms with Crippen molar-refractivity contribution in [3.05, 3.63) is 0 Å². The van der Waals surface area contributed by atoms with Gasteiger partial charge in [-0.3, -0.25) is 24.2 Å². The molecule has 110 valence electrons. The van der Waals surface area contributed by atoms with Crippen molar-refractivity contribution in [3.8, 4) is 0 Å². The second kappa shape index (κ2) is 4.84. The van der Waals surface area contributed by atoms with E-state index >= 15 is 0 Å². The third-order valence-corrected chi connectivity index (χ3v) is 5.14. The molecule has 0 spiro atoms. The number of likely N-dealkylation sites (N-methyl/N-ethyl adjacent to an activating group) is 1. The quantitative estimate of drug-likeness (QED) is 0.744. The number of carbonyl (C=O) groups excluding carboxylic acids is 2. The highest BCUT2D eigenvalue weighted by Gasteiger charge is 2.52. The molecule has 2 heterocycles. The molecule has 4 unspecified atom stereocenters. The predicted octanol–water partition coefficient (Wildman–Crippen LogP) is 0.461. The first-order valence-electron chi connectivity index (χ1n) is 7.31. The van der Waals surface area contributed by atoms with Gasteiger partial charge in [0.1, 0.15) is 6.04 Å². The summed E-state index contributed by atoms with van der Waals surface area (Å²) in [5.74, 6) is -0.955. The van der Waals surface area contributed by atoms with Crippen LogP contribution in [0, 0.1) is 5.92 Å². The molecule has 20 heavy (non-hydrogen) atoms. The molecule has 2 amide bonds. The Morgan fingerprint density at radius 1 is 1.25 bits per heavy atom. The topological polar surface area (TPSA) is 77.9 Å². The average molecular weight is 280 g/mol. The van der Waals surface area contributed by atoms with Crippen molar-refractivity contribution in [2.24, 2.45) is 5.92 Å². The van der Waals surface area contributed by atoms with Gasteiger partial charge in [-0.1, -0.05) is 12.8 Å². The Morgan fingerprint density at radius 2 is 1.95 bits per heavy atom. The van der Waals surface area contributed by atoms with E-state index in [-0.39, 0.29) is 24.3 Å². The number of fused-ring (bicyclic) bond motifs is 1. The van der Waals surface area contributed by atoms with Gasteiger partial charge in [-0.15, -0.1) is 0 Å². The molecule has 1 aliphatic carbocycles. The molecule has 2 aliphatic heterocycles. The number of hydrogen-bond acceptors (Lipinski definition) is 4. The number of hydrogen-bond donors (Lipinski definition) is 1. The summed E-state index contributed by atoms with van der Waals surface area (Å²) >= 11 is 0. The minimum Gasteiger partial charge on any atom is -0.480 e. The molecule has 2 saturated heterocycles. The van der Waals surface area contributed by atoms with E-state index in [1.54, 1.807) is 0 Å². The number of aliphatic carboxylic acids is 1. The monoisotopic (exact) mass is 280 g/mol. The molecule has 0 radical (unpaired) electrons. The number of imide groups is 1. The van der Waals surface area contributed by atoms with Gasteiger partial charge in [0.05, 0.1) is 12.5 Å². The lowest BCUT2D eigenvalue weighted by molar-refractivity contribution is -0.145. The first-order chi connectivity index (χ1) is 9.50. The van der Waals surface area contributed by atoms with Crippen molar-refractivity contribution in [1.29, 1.82) is 0 Å². The Kier molecular flexibility index (Phi) is 3.28. The van der Waals surface area contributed by atoms with E-state index in [0.717, 1.165) is 30.6 Å². The van der Waals surface area contributed by atoms with Crippen LogP contribution in [0.2, 0.25) is 0 Å². The molecule has 1 saturated carbocycles. The maximum Gasteiger partial charge on any atom is 0.320 e. The average Bonchev–Trinajstić information content (AvgIpc) is 2.92. The van der Waals surface area contributed by atoms with Gasteiger partial charge in [-0.05, 0) is 25.2 Å². The van der Waals surface area contributed by atoms with Crippen LogP contribution in [-0.4, -0.2) is 57.9 Å². The predicted molar refractivity (Wildman–Crippen MR) is 69.8 cm³/mol. The molecule has 6 nitrogen and oxygen atoms in total. The molecular weight excluding hydrogens is 260 g/mol. The second-order valence-electron chi connectivity index (χ2n) is 6.16. The zero-order valence-corrected chi connectivity index (χ0v) is 11.6. The van der Waals surface area contributed by atoms with Gasteiger partial charge in [-0.2, -0.15) is 0 Å². The maximum absolute atomic E-state index is 12.2. The Hall–Kier alpha value is -1.43. The standard InChI is InChI=1S/C14H20N2O4/c1-15-12(17)7-10(13(15)18)16-9-5-3-2-4-8(9)6-11(16)14(19)20/h8-11H,2-7H2,1H3,(H,19,20). The summed E-state index contributed by atoms with van der Waals surface area (Å²) in [5.41, 5.74) is 0. The third-order valence-electron chi connectivity index (χ3n) is 5.14. The van der Waals surface area contributed by atoms with Crippen LogP contribution in [0.5, 0.6) is 0 Å². The number of carboxylic acids is 1. The van der Waals surface area contributed by atoms with E-state index in [4.69, 9.17) is 0 Å². The first kappa shape index (κ1) is 13.5. The molecule has 0 aromatic rings. The van der Waals surface area contributed by atoms with Crippen molar-refractivity contribution < 1.29 is 19.5 Å². The van der Waals surface area contributed by atoms with E-state index in [1.807, 2.05) is 4.90 Å². The fourth-order valence-corrected chi connectivity index (χ4v) is 4.14. The molecule has 3 aliphatic rings. The molecule has 1 N–H and O–H groups in total. The van der Waals surface area contributed by atoms with Crippen molar-refractivity contribution >= 4 is 17.8 Å². The normalized spacial score (nSPS) is 38.4. The minimum atomic E-state index is -0.866. The van der Waals surface area contributed by atoms with Gasteiger partial charge >= 0.3 is 5.97 Å². The fraction of sp³-hybridized carbons (Fsp3) is 0.786. The van der Waals surface area contributed by atoms with E-state index in [9.17, 15) is 19.5 Å². The third kappa shape index (κ3) is 1.93. The summed E-state index contributed by atoms with van der Waals surface area (Å²) in [6.07, 6.45) is 4.93. The zero-order chi connectivity index (χ0) is 14.4. The summed E-state index contributed by atoms with van der Waals surface area (Å²) < 4.78 is 0. The lowest BCUT2D eigenvalue weighted by Gasteiger charge is -2.35. The molecule has 3 rings (SSSR count). The van der Waals surface area contributed by atoms with Crippen molar-refractivity contribution in [2.45, 2.75) is 56.7 Å². The molecule has 4 atom stereocenters. The van der Waals surface area contributed by atoms with E-state index in [1.165, 1.54) is 7.05 Å². The van der Waals surface area contributed by atoms with Crippen LogP contribution in [0.1, 0.15) is 38.5 Å². The summed E-state index contributed by atoms with van der Waals surface area (Å²) in [7, 11) is 1.48. The van der Waals surface area contributed by atoms with E-state index < -0.39 is 18.1 Å². The number of nitrogens with zero attached hydrogens (tertiary/aromatic N) is 2. The number of carboxylic acid groups (broad SMARTS) is 1. The molecule has 3 fully saturated rings. The first-order valence-corrected chi connectivity index (χ1v) is 7.31. The van der Waals surface area contributed by atoms with Crippen LogP contribution in [0.4, 0.5) is 0 Å². The Balaban J connectivity index is 1.90. The van der Waals surface area contributed by atoms with Gasteiger partial charge in [0.2, 0.25) is 11.8 Å². The second-order valence-corrected chi connectivity index (χ2v) is 6.16. The number of carbonyl (C=O) groups is 3. The fourth-order valence-electron chi connectivity index (χ4n) is 4.14. The minimum absolute atomic E-state index is 0.127. The largest absolute Gasteiger partial charge is 0.480 e. The summed E-state index contributed by atoms with van der Waals surface area (Å²) in [6.45, 7) is 0. The number of amides is 2. The van der Waals surface area contributed by atoms with Gasteiger partial charge < -0.3 is 5.11 Å². The van der Waals surface area contributed by atoms with Gasteiger partial charge in [0, 0.05) is 13.1 Å². The zero-order valence-electron chi connectivity index (χ0n) is 11.6. The van der Waals surface area contributed by atoms with Crippen molar-refractivity contribution in [3.63, 3.8) is 0 Å². The number of rotatable bonds is 2. The van der Waals surface area contributed by atoms with Gasteiger partial charge in [0.25, 0.3) is 0 Å². The van der Waals surface area contributed by atoms with Crippen LogP contribution in [0.15, 0.2) is 0 Å². The van der Waals surface area contributed by atoms with Crippen LogP contribution >= 0.6 is 0 Å². The highest BCUT2D eigenvalue weighted by atomic mass is 16.4. The summed E-state index contributed by atoms with van der Waals surface area (Å²) in [5, 5.41) is 9.46. The lowest BCUT2D eigenvalue weighted by Crippen LogP contribution is -2.51.